The van der Waals surface area contributed by atoms with Crippen LogP contribution in [0.1, 0.15) is 18.0 Å². The van der Waals surface area contributed by atoms with E-state index in [4.69, 9.17) is 23.2 Å². The van der Waals surface area contributed by atoms with E-state index in [0.717, 1.165) is 18.5 Å². The number of likely N-dealkylation sites (N-methyl/N-ethyl adjacent to an activating group) is 1. The first-order chi connectivity index (χ1) is 11.5. The molecule has 2 heterocycles. The lowest BCUT2D eigenvalue weighted by molar-refractivity contribution is -0.385. The maximum atomic E-state index is 10.8. The van der Waals surface area contributed by atoms with Crippen LogP contribution >= 0.6 is 23.2 Å². The maximum absolute atomic E-state index is 10.8. The Bertz CT molecular complexity index is 754. The van der Waals surface area contributed by atoms with Gasteiger partial charge < -0.3 is 5.32 Å². The monoisotopic (exact) mass is 366 g/mol. The SMILES string of the molecule is CN1CCC(Nc2ncc([N+](=O)[O-])cc2Cl)C1c1ccc(Cl)cc1. The first kappa shape index (κ1) is 17.0. The van der Waals surface area contributed by atoms with Gasteiger partial charge in [0, 0.05) is 23.7 Å². The molecule has 2 atom stereocenters. The molecular formula is C16H16Cl2N4O2. The maximum Gasteiger partial charge on any atom is 0.289 e. The van der Waals surface area contributed by atoms with Gasteiger partial charge >= 0.3 is 0 Å². The molecule has 1 aliphatic heterocycles. The van der Waals surface area contributed by atoms with E-state index in [-0.39, 0.29) is 22.8 Å². The standard InChI is InChI=1S/C16H16Cl2N4O2/c1-21-7-6-14(15(21)10-2-4-11(17)5-3-10)20-16-13(18)8-12(9-19-16)22(23)24/h2-5,8-9,14-15H,6-7H2,1H3,(H,19,20). The average molecular weight is 367 g/mol. The summed E-state index contributed by atoms with van der Waals surface area (Å²) in [5, 5.41) is 15.1. The van der Waals surface area contributed by atoms with Gasteiger partial charge in [0.2, 0.25) is 0 Å². The van der Waals surface area contributed by atoms with Gasteiger partial charge in [0.1, 0.15) is 12.0 Å². The smallest absolute Gasteiger partial charge is 0.289 e. The second kappa shape index (κ2) is 6.93. The molecule has 1 fully saturated rings. The fraction of sp³-hybridized carbons (Fsp3) is 0.312. The first-order valence-corrected chi connectivity index (χ1v) is 8.23. The molecule has 1 N–H and O–H groups in total. The van der Waals surface area contributed by atoms with Crippen LogP contribution in [0.25, 0.3) is 0 Å². The Kier molecular flexibility index (Phi) is 4.89. The number of benzene rings is 1. The first-order valence-electron chi connectivity index (χ1n) is 7.48. The van der Waals surface area contributed by atoms with Gasteiger partial charge in [-0.05, 0) is 31.2 Å². The van der Waals surface area contributed by atoms with Crippen LogP contribution in [0, 0.1) is 10.1 Å². The van der Waals surface area contributed by atoms with Crippen molar-refractivity contribution in [2.45, 2.75) is 18.5 Å². The topological polar surface area (TPSA) is 71.3 Å². The molecule has 0 radical (unpaired) electrons. The van der Waals surface area contributed by atoms with Gasteiger partial charge in [-0.1, -0.05) is 35.3 Å². The minimum absolute atomic E-state index is 0.0997. The quantitative estimate of drug-likeness (QED) is 0.649. The summed E-state index contributed by atoms with van der Waals surface area (Å²) in [7, 11) is 2.06. The summed E-state index contributed by atoms with van der Waals surface area (Å²) in [6.07, 6.45) is 2.13. The Balaban J connectivity index is 1.83. The van der Waals surface area contributed by atoms with Crippen molar-refractivity contribution in [2.24, 2.45) is 0 Å². The van der Waals surface area contributed by atoms with E-state index in [9.17, 15) is 10.1 Å². The molecule has 8 heteroatoms. The molecular weight excluding hydrogens is 351 g/mol. The Morgan fingerprint density at radius 1 is 1.33 bits per heavy atom. The number of rotatable bonds is 4. The van der Waals surface area contributed by atoms with Crippen LogP contribution in [0.4, 0.5) is 11.5 Å². The molecule has 1 aliphatic rings. The molecule has 1 saturated heterocycles. The summed E-state index contributed by atoms with van der Waals surface area (Å²) in [6.45, 7) is 0.926. The van der Waals surface area contributed by atoms with E-state index in [1.54, 1.807) is 0 Å². The zero-order valence-electron chi connectivity index (χ0n) is 12.9. The highest BCUT2D eigenvalue weighted by Crippen LogP contribution is 2.35. The molecule has 1 aromatic carbocycles. The Morgan fingerprint density at radius 3 is 2.67 bits per heavy atom. The Morgan fingerprint density at radius 2 is 2.04 bits per heavy atom. The molecule has 0 spiro atoms. The van der Waals surface area contributed by atoms with Crippen molar-refractivity contribution in [3.05, 3.63) is 62.3 Å². The lowest BCUT2D eigenvalue weighted by Gasteiger charge is -2.26. The molecule has 0 amide bonds. The summed E-state index contributed by atoms with van der Waals surface area (Å²) < 4.78 is 0. The number of likely N-dealkylation sites (tertiary alicyclic amines) is 1. The van der Waals surface area contributed by atoms with Crippen LogP contribution in [0.2, 0.25) is 10.0 Å². The second-order valence-electron chi connectivity index (χ2n) is 5.80. The van der Waals surface area contributed by atoms with Crippen molar-refractivity contribution >= 4 is 34.7 Å². The van der Waals surface area contributed by atoms with E-state index >= 15 is 0 Å². The molecule has 2 aromatic rings. The third-order valence-electron chi connectivity index (χ3n) is 4.22. The third-order valence-corrected chi connectivity index (χ3v) is 4.76. The van der Waals surface area contributed by atoms with Crippen molar-refractivity contribution in [3.8, 4) is 0 Å². The van der Waals surface area contributed by atoms with Gasteiger partial charge in [0.15, 0.2) is 0 Å². The van der Waals surface area contributed by atoms with Gasteiger partial charge in [-0.2, -0.15) is 0 Å². The number of nitrogens with zero attached hydrogens (tertiary/aromatic N) is 3. The summed E-state index contributed by atoms with van der Waals surface area (Å²) in [4.78, 5) is 16.6. The zero-order chi connectivity index (χ0) is 17.3. The minimum atomic E-state index is -0.511. The minimum Gasteiger partial charge on any atom is -0.364 e. The average Bonchev–Trinajstić information content (AvgIpc) is 2.91. The van der Waals surface area contributed by atoms with Crippen LogP contribution in [-0.4, -0.2) is 34.4 Å². The summed E-state index contributed by atoms with van der Waals surface area (Å²) >= 11 is 12.1. The fourth-order valence-corrected chi connectivity index (χ4v) is 3.40. The number of pyridine rings is 1. The molecule has 1 aromatic heterocycles. The summed E-state index contributed by atoms with van der Waals surface area (Å²) in [5.41, 5.74) is 1.03. The van der Waals surface area contributed by atoms with E-state index in [1.165, 1.54) is 12.3 Å². The molecule has 6 nitrogen and oxygen atoms in total. The lowest BCUT2D eigenvalue weighted by Crippen LogP contribution is -2.29. The lowest BCUT2D eigenvalue weighted by atomic mass is 10.0. The van der Waals surface area contributed by atoms with Crippen molar-refractivity contribution in [1.82, 2.24) is 9.88 Å². The normalized spacial score (nSPS) is 21.0. The van der Waals surface area contributed by atoms with Crippen LogP contribution in [-0.2, 0) is 0 Å². The Labute approximate surface area is 149 Å². The highest BCUT2D eigenvalue weighted by atomic mass is 35.5. The van der Waals surface area contributed by atoms with E-state index in [2.05, 4.69) is 22.2 Å². The third kappa shape index (κ3) is 3.45. The highest BCUT2D eigenvalue weighted by Gasteiger charge is 2.33. The number of halogens is 2. The van der Waals surface area contributed by atoms with Crippen molar-refractivity contribution in [3.63, 3.8) is 0 Å². The van der Waals surface area contributed by atoms with Crippen molar-refractivity contribution in [1.29, 1.82) is 0 Å². The van der Waals surface area contributed by atoms with E-state index in [1.807, 2.05) is 24.3 Å². The van der Waals surface area contributed by atoms with E-state index < -0.39 is 4.92 Å². The van der Waals surface area contributed by atoms with Crippen LogP contribution in [0.5, 0.6) is 0 Å². The summed E-state index contributed by atoms with van der Waals surface area (Å²) in [5.74, 6) is 0.460. The molecule has 24 heavy (non-hydrogen) atoms. The molecule has 0 bridgehead atoms. The summed E-state index contributed by atoms with van der Waals surface area (Å²) in [6, 6.07) is 9.32. The van der Waals surface area contributed by atoms with Crippen LogP contribution in [0.15, 0.2) is 36.5 Å². The molecule has 3 rings (SSSR count). The predicted octanol–water partition coefficient (Wildman–Crippen LogP) is 4.15. The van der Waals surface area contributed by atoms with Crippen molar-refractivity contribution in [2.75, 3.05) is 18.9 Å². The van der Waals surface area contributed by atoms with Crippen molar-refractivity contribution < 1.29 is 4.92 Å². The molecule has 0 aliphatic carbocycles. The van der Waals surface area contributed by atoms with Crippen LogP contribution in [0.3, 0.4) is 0 Å². The largest absolute Gasteiger partial charge is 0.364 e. The number of nitro groups is 1. The number of hydrogen-bond donors (Lipinski definition) is 1. The Hall–Kier alpha value is -1.89. The number of anilines is 1. The predicted molar refractivity (Wildman–Crippen MR) is 94.8 cm³/mol. The van der Waals surface area contributed by atoms with Gasteiger partial charge in [-0.25, -0.2) is 4.98 Å². The highest BCUT2D eigenvalue weighted by molar-refractivity contribution is 6.33. The fourth-order valence-electron chi connectivity index (χ4n) is 3.05. The molecule has 126 valence electrons. The van der Waals surface area contributed by atoms with Gasteiger partial charge in [0.25, 0.3) is 5.69 Å². The molecule has 0 saturated carbocycles. The van der Waals surface area contributed by atoms with Gasteiger partial charge in [-0.3, -0.25) is 15.0 Å². The number of nitrogens with one attached hydrogen (secondary N) is 1. The van der Waals surface area contributed by atoms with E-state index in [0.29, 0.717) is 10.8 Å². The second-order valence-corrected chi connectivity index (χ2v) is 6.64. The van der Waals surface area contributed by atoms with Gasteiger partial charge in [-0.15, -0.1) is 0 Å². The zero-order valence-corrected chi connectivity index (χ0v) is 14.5. The van der Waals surface area contributed by atoms with Crippen LogP contribution < -0.4 is 5.32 Å². The number of aromatic nitrogens is 1. The van der Waals surface area contributed by atoms with Gasteiger partial charge in [0.05, 0.1) is 16.0 Å². The molecule has 2 unspecified atom stereocenters. The number of hydrogen-bond acceptors (Lipinski definition) is 5.